The number of nitrogens with zero attached hydrogens (tertiary/aromatic N) is 1. The number of urea groups is 1. The Morgan fingerprint density at radius 2 is 1.73 bits per heavy atom. The van der Waals surface area contributed by atoms with E-state index in [0.717, 1.165) is 31.5 Å². The Kier molecular flexibility index (Phi) is 7.29. The second-order valence-electron chi connectivity index (χ2n) is 8.38. The van der Waals surface area contributed by atoms with E-state index in [1.54, 1.807) is 14.0 Å². The maximum Gasteiger partial charge on any atom is 0.338 e. The Labute approximate surface area is 194 Å². The summed E-state index contributed by atoms with van der Waals surface area (Å²) in [5.74, 6) is 0.831. The van der Waals surface area contributed by atoms with Gasteiger partial charge in [-0.15, -0.1) is 0 Å². The van der Waals surface area contributed by atoms with E-state index in [1.807, 2.05) is 30.3 Å². The molecule has 0 spiro atoms. The summed E-state index contributed by atoms with van der Waals surface area (Å²) in [6.07, 6.45) is 2.08. The van der Waals surface area contributed by atoms with Crippen LogP contribution in [-0.4, -0.2) is 50.3 Å². The molecule has 4 rings (SSSR count). The summed E-state index contributed by atoms with van der Waals surface area (Å²) >= 11 is 0. The van der Waals surface area contributed by atoms with Gasteiger partial charge in [0, 0.05) is 12.2 Å². The monoisotopic (exact) mass is 449 g/mol. The summed E-state index contributed by atoms with van der Waals surface area (Å²) in [5, 5.41) is 5.77. The minimum atomic E-state index is -0.583. The molecule has 174 valence electrons. The molecule has 2 aliphatic rings. The summed E-state index contributed by atoms with van der Waals surface area (Å²) in [5.41, 5.74) is 3.23. The molecule has 0 saturated carbocycles. The molecule has 2 N–H and O–H groups in total. The van der Waals surface area contributed by atoms with Gasteiger partial charge in [-0.05, 0) is 62.0 Å². The lowest BCUT2D eigenvalue weighted by molar-refractivity contribution is -0.139. The van der Waals surface area contributed by atoms with Gasteiger partial charge in [0.25, 0.3) is 0 Å². The van der Waals surface area contributed by atoms with Crippen LogP contribution in [0.2, 0.25) is 0 Å². The Bertz CT molecular complexity index is 996. The molecule has 2 aromatic carbocycles. The standard InChI is InChI=1S/C26H31N3O4/c1-3-33-25(30)23-22(17-29-15-13-19(14-16-29)18-7-5-4-6-8-18)27-26(31)28-24(23)20-9-11-21(32-2)12-10-20/h4-12,19,24H,3,13-17H2,1-2H3,(H2,27,28,31). The number of hydrogen-bond donors (Lipinski definition) is 2. The third-order valence-corrected chi connectivity index (χ3v) is 6.34. The zero-order valence-electron chi connectivity index (χ0n) is 19.2. The Morgan fingerprint density at radius 1 is 1.03 bits per heavy atom. The van der Waals surface area contributed by atoms with E-state index in [-0.39, 0.29) is 12.6 Å². The number of rotatable bonds is 7. The highest BCUT2D eigenvalue weighted by atomic mass is 16.5. The lowest BCUT2D eigenvalue weighted by Crippen LogP contribution is -2.49. The summed E-state index contributed by atoms with van der Waals surface area (Å²) < 4.78 is 10.6. The van der Waals surface area contributed by atoms with Gasteiger partial charge < -0.3 is 20.1 Å². The minimum absolute atomic E-state index is 0.265. The van der Waals surface area contributed by atoms with Gasteiger partial charge in [0.1, 0.15) is 5.75 Å². The van der Waals surface area contributed by atoms with Crippen molar-refractivity contribution in [3.05, 3.63) is 77.0 Å². The van der Waals surface area contributed by atoms with Crippen molar-refractivity contribution < 1.29 is 19.1 Å². The number of piperidine rings is 1. The van der Waals surface area contributed by atoms with Gasteiger partial charge in [-0.2, -0.15) is 0 Å². The molecule has 2 aromatic rings. The first-order valence-corrected chi connectivity index (χ1v) is 11.5. The van der Waals surface area contributed by atoms with E-state index >= 15 is 0 Å². The number of esters is 1. The normalized spacial score (nSPS) is 19.6. The van der Waals surface area contributed by atoms with Crippen LogP contribution >= 0.6 is 0 Å². The predicted molar refractivity (Wildman–Crippen MR) is 126 cm³/mol. The SMILES string of the molecule is CCOC(=O)C1=C(CN2CCC(c3ccccc3)CC2)NC(=O)NC1c1ccc(OC)cc1. The molecule has 0 bridgehead atoms. The van der Waals surface area contributed by atoms with E-state index in [0.29, 0.717) is 29.5 Å². The smallest absolute Gasteiger partial charge is 0.338 e. The summed E-state index contributed by atoms with van der Waals surface area (Å²) in [6, 6.07) is 17.0. The average molecular weight is 450 g/mol. The maximum absolute atomic E-state index is 13.0. The molecule has 0 radical (unpaired) electrons. The van der Waals surface area contributed by atoms with E-state index in [4.69, 9.17) is 9.47 Å². The Morgan fingerprint density at radius 3 is 2.36 bits per heavy atom. The number of amides is 2. The number of ether oxygens (including phenoxy) is 2. The van der Waals surface area contributed by atoms with Gasteiger partial charge in [-0.25, -0.2) is 9.59 Å². The first kappa shape index (κ1) is 22.9. The van der Waals surface area contributed by atoms with Crippen molar-refractivity contribution in [3.8, 4) is 5.75 Å². The number of carbonyl (C=O) groups excluding carboxylic acids is 2. The van der Waals surface area contributed by atoms with E-state index in [9.17, 15) is 9.59 Å². The highest BCUT2D eigenvalue weighted by Gasteiger charge is 2.35. The van der Waals surface area contributed by atoms with Crippen LogP contribution in [0, 0.1) is 0 Å². The van der Waals surface area contributed by atoms with Gasteiger partial charge in [0.15, 0.2) is 0 Å². The Hall–Kier alpha value is -3.32. The molecule has 7 nitrogen and oxygen atoms in total. The molecule has 1 unspecified atom stereocenters. The Balaban J connectivity index is 1.56. The van der Waals surface area contributed by atoms with Crippen molar-refractivity contribution in [1.29, 1.82) is 0 Å². The number of nitrogens with one attached hydrogen (secondary N) is 2. The van der Waals surface area contributed by atoms with Crippen LogP contribution in [0.4, 0.5) is 4.79 Å². The fourth-order valence-corrected chi connectivity index (χ4v) is 4.61. The third kappa shape index (κ3) is 5.37. The number of methoxy groups -OCH3 is 1. The van der Waals surface area contributed by atoms with Crippen LogP contribution in [0.5, 0.6) is 5.75 Å². The molecule has 2 amide bonds. The maximum atomic E-state index is 13.0. The molecule has 7 heteroatoms. The molecule has 33 heavy (non-hydrogen) atoms. The van der Waals surface area contributed by atoms with Crippen LogP contribution in [-0.2, 0) is 9.53 Å². The van der Waals surface area contributed by atoms with Crippen LogP contribution in [0.3, 0.4) is 0 Å². The summed E-state index contributed by atoms with van der Waals surface area (Å²) in [7, 11) is 1.60. The zero-order chi connectivity index (χ0) is 23.2. The zero-order valence-corrected chi connectivity index (χ0v) is 19.2. The van der Waals surface area contributed by atoms with Gasteiger partial charge in [0.05, 0.1) is 25.3 Å². The fraction of sp³-hybridized carbons (Fsp3) is 0.385. The van der Waals surface area contributed by atoms with Crippen LogP contribution in [0.25, 0.3) is 0 Å². The highest BCUT2D eigenvalue weighted by Crippen LogP contribution is 2.31. The topological polar surface area (TPSA) is 79.9 Å². The lowest BCUT2D eigenvalue weighted by Gasteiger charge is -2.35. The number of benzene rings is 2. The van der Waals surface area contributed by atoms with Crippen LogP contribution < -0.4 is 15.4 Å². The van der Waals surface area contributed by atoms with Gasteiger partial charge in [0.2, 0.25) is 0 Å². The molecule has 2 aliphatic heterocycles. The summed E-state index contributed by atoms with van der Waals surface area (Å²) in [6.45, 7) is 4.34. The first-order valence-electron chi connectivity index (χ1n) is 11.5. The van der Waals surface area contributed by atoms with E-state index < -0.39 is 12.0 Å². The van der Waals surface area contributed by atoms with Crippen molar-refractivity contribution >= 4 is 12.0 Å². The van der Waals surface area contributed by atoms with E-state index in [2.05, 4.69) is 39.8 Å². The fourth-order valence-electron chi connectivity index (χ4n) is 4.61. The molecule has 1 atom stereocenters. The largest absolute Gasteiger partial charge is 0.497 e. The lowest BCUT2D eigenvalue weighted by atomic mass is 9.89. The molecule has 1 fully saturated rings. The van der Waals surface area contributed by atoms with Crippen molar-refractivity contribution in [3.63, 3.8) is 0 Å². The van der Waals surface area contributed by atoms with Crippen molar-refractivity contribution in [2.45, 2.75) is 31.7 Å². The first-order chi connectivity index (χ1) is 16.1. The minimum Gasteiger partial charge on any atom is -0.497 e. The predicted octanol–water partition coefficient (Wildman–Crippen LogP) is 3.75. The quantitative estimate of drug-likeness (QED) is 0.630. The van der Waals surface area contributed by atoms with Gasteiger partial charge in [-0.3, -0.25) is 4.90 Å². The van der Waals surface area contributed by atoms with Crippen molar-refractivity contribution in [2.24, 2.45) is 0 Å². The average Bonchev–Trinajstić information content (AvgIpc) is 2.85. The van der Waals surface area contributed by atoms with Crippen molar-refractivity contribution in [1.82, 2.24) is 15.5 Å². The van der Waals surface area contributed by atoms with Gasteiger partial charge >= 0.3 is 12.0 Å². The molecule has 0 aromatic heterocycles. The second kappa shape index (κ2) is 10.5. The van der Waals surface area contributed by atoms with Crippen molar-refractivity contribution in [2.75, 3.05) is 33.4 Å². The molecular weight excluding hydrogens is 418 g/mol. The molecule has 0 aliphatic carbocycles. The van der Waals surface area contributed by atoms with E-state index in [1.165, 1.54) is 5.56 Å². The summed E-state index contributed by atoms with van der Waals surface area (Å²) in [4.78, 5) is 27.8. The molecule has 2 heterocycles. The third-order valence-electron chi connectivity index (χ3n) is 6.34. The van der Waals surface area contributed by atoms with Gasteiger partial charge in [-0.1, -0.05) is 42.5 Å². The molecular formula is C26H31N3O4. The number of carbonyl (C=O) groups is 2. The second-order valence-corrected chi connectivity index (χ2v) is 8.38. The van der Waals surface area contributed by atoms with Crippen LogP contribution in [0.15, 0.2) is 65.9 Å². The highest BCUT2D eigenvalue weighted by molar-refractivity contribution is 5.95. The molecule has 1 saturated heterocycles. The number of hydrogen-bond acceptors (Lipinski definition) is 5. The van der Waals surface area contributed by atoms with Crippen LogP contribution in [0.1, 0.15) is 42.9 Å². The number of likely N-dealkylation sites (tertiary alicyclic amines) is 1.